The number of hydrogen-bond acceptors (Lipinski definition) is 5. The molecule has 0 spiro atoms. The minimum Gasteiger partial charge on any atom is -0.497 e. The van der Waals surface area contributed by atoms with E-state index in [4.69, 9.17) is 9.47 Å². The van der Waals surface area contributed by atoms with Crippen LogP contribution in [0.1, 0.15) is 44.6 Å². The summed E-state index contributed by atoms with van der Waals surface area (Å²) in [6, 6.07) is 4.87. The van der Waals surface area contributed by atoms with Crippen molar-refractivity contribution in [2.24, 2.45) is 0 Å². The Balaban J connectivity index is 1.88. The smallest absolute Gasteiger partial charge is 0.321 e. The molecular weight excluding hydrogens is 346 g/mol. The third-order valence-corrected chi connectivity index (χ3v) is 5.13. The van der Waals surface area contributed by atoms with E-state index in [1.807, 2.05) is 30.1 Å². The van der Waals surface area contributed by atoms with Crippen LogP contribution in [-0.2, 0) is 11.3 Å². The third-order valence-electron chi connectivity index (χ3n) is 5.13. The average molecular weight is 377 g/mol. The first kappa shape index (κ1) is 21.0. The van der Waals surface area contributed by atoms with Gasteiger partial charge in [-0.2, -0.15) is 0 Å². The standard InChI is InChI=1S/C20H31N3O4/c1-14(19(24)22-20(25)21-16-8-6-5-7-9-16)23(2)13-15-10-11-17(26-3)12-18(15)27-4/h10-12,14,16H,5-9,13H2,1-4H3,(H2,21,22,24,25)/t14-/m1/s1. The second kappa shape index (κ2) is 10.2. The highest BCUT2D eigenvalue weighted by molar-refractivity contribution is 5.96. The summed E-state index contributed by atoms with van der Waals surface area (Å²) in [5.41, 5.74) is 0.937. The number of likely N-dealkylation sites (N-methyl/N-ethyl adjacent to an activating group) is 1. The van der Waals surface area contributed by atoms with Crippen LogP contribution in [0.4, 0.5) is 4.79 Å². The molecular formula is C20H31N3O4. The number of rotatable bonds is 7. The monoisotopic (exact) mass is 377 g/mol. The van der Waals surface area contributed by atoms with Gasteiger partial charge in [0.25, 0.3) is 0 Å². The predicted molar refractivity (Wildman–Crippen MR) is 104 cm³/mol. The number of hydrogen-bond donors (Lipinski definition) is 2. The van der Waals surface area contributed by atoms with Crippen molar-refractivity contribution in [3.63, 3.8) is 0 Å². The second-order valence-electron chi connectivity index (χ2n) is 7.07. The van der Waals surface area contributed by atoms with E-state index in [9.17, 15) is 9.59 Å². The first-order valence-corrected chi connectivity index (χ1v) is 9.47. The maximum atomic E-state index is 12.4. The second-order valence-corrected chi connectivity index (χ2v) is 7.07. The van der Waals surface area contributed by atoms with Gasteiger partial charge >= 0.3 is 6.03 Å². The molecule has 7 heteroatoms. The zero-order valence-electron chi connectivity index (χ0n) is 16.7. The van der Waals surface area contributed by atoms with E-state index in [2.05, 4.69) is 10.6 Å². The van der Waals surface area contributed by atoms with Crippen LogP contribution in [0.3, 0.4) is 0 Å². The Kier molecular flexibility index (Phi) is 7.91. The molecule has 0 heterocycles. The van der Waals surface area contributed by atoms with E-state index >= 15 is 0 Å². The van der Waals surface area contributed by atoms with E-state index in [-0.39, 0.29) is 11.9 Å². The number of nitrogens with one attached hydrogen (secondary N) is 2. The number of ether oxygens (including phenoxy) is 2. The number of imide groups is 1. The van der Waals surface area contributed by atoms with Crippen molar-refractivity contribution in [1.29, 1.82) is 0 Å². The van der Waals surface area contributed by atoms with Crippen molar-refractivity contribution in [3.8, 4) is 11.5 Å². The first-order valence-electron chi connectivity index (χ1n) is 9.47. The summed E-state index contributed by atoms with van der Waals surface area (Å²) in [5, 5.41) is 5.36. The van der Waals surface area contributed by atoms with E-state index < -0.39 is 12.1 Å². The van der Waals surface area contributed by atoms with Crippen molar-refractivity contribution in [1.82, 2.24) is 15.5 Å². The van der Waals surface area contributed by atoms with Gasteiger partial charge in [-0.15, -0.1) is 0 Å². The van der Waals surface area contributed by atoms with Crippen LogP contribution in [-0.4, -0.2) is 50.2 Å². The third kappa shape index (κ3) is 6.13. The fourth-order valence-electron chi connectivity index (χ4n) is 3.27. The SMILES string of the molecule is COc1ccc(CN(C)[C@H](C)C(=O)NC(=O)NC2CCCCC2)c(OC)c1. The Morgan fingerprint density at radius 1 is 1.19 bits per heavy atom. The van der Waals surface area contributed by atoms with Gasteiger partial charge in [0.2, 0.25) is 5.91 Å². The number of amides is 3. The molecule has 0 radical (unpaired) electrons. The summed E-state index contributed by atoms with van der Waals surface area (Å²) in [5.74, 6) is 1.09. The molecule has 1 saturated carbocycles. The summed E-state index contributed by atoms with van der Waals surface area (Å²) < 4.78 is 10.6. The zero-order chi connectivity index (χ0) is 19.8. The fraction of sp³-hybridized carbons (Fsp3) is 0.600. The zero-order valence-corrected chi connectivity index (χ0v) is 16.7. The molecule has 0 unspecified atom stereocenters. The molecule has 2 rings (SSSR count). The molecule has 0 aromatic heterocycles. The molecule has 1 fully saturated rings. The lowest BCUT2D eigenvalue weighted by atomic mass is 9.96. The van der Waals surface area contributed by atoms with Gasteiger partial charge in [-0.25, -0.2) is 4.79 Å². The Morgan fingerprint density at radius 2 is 1.89 bits per heavy atom. The molecule has 0 saturated heterocycles. The Morgan fingerprint density at radius 3 is 2.52 bits per heavy atom. The topological polar surface area (TPSA) is 79.9 Å². The number of methoxy groups -OCH3 is 2. The van der Waals surface area contributed by atoms with Crippen LogP contribution in [0.25, 0.3) is 0 Å². The lowest BCUT2D eigenvalue weighted by Gasteiger charge is -2.26. The van der Waals surface area contributed by atoms with Gasteiger partial charge < -0.3 is 14.8 Å². The molecule has 0 bridgehead atoms. The van der Waals surface area contributed by atoms with Gasteiger partial charge in [0.1, 0.15) is 11.5 Å². The minimum absolute atomic E-state index is 0.170. The number of carbonyl (C=O) groups is 2. The van der Waals surface area contributed by atoms with Crippen LogP contribution in [0.2, 0.25) is 0 Å². The van der Waals surface area contributed by atoms with Crippen molar-refractivity contribution in [2.75, 3.05) is 21.3 Å². The molecule has 1 aliphatic carbocycles. The maximum Gasteiger partial charge on any atom is 0.321 e. The summed E-state index contributed by atoms with van der Waals surface area (Å²) >= 11 is 0. The largest absolute Gasteiger partial charge is 0.497 e. The van der Waals surface area contributed by atoms with Crippen molar-refractivity contribution in [2.45, 2.75) is 57.7 Å². The van der Waals surface area contributed by atoms with Crippen molar-refractivity contribution >= 4 is 11.9 Å². The highest BCUT2D eigenvalue weighted by atomic mass is 16.5. The summed E-state index contributed by atoms with van der Waals surface area (Å²) in [6.45, 7) is 2.28. The predicted octanol–water partition coefficient (Wildman–Crippen LogP) is 2.68. The number of carbonyl (C=O) groups excluding carboxylic acids is 2. The van der Waals surface area contributed by atoms with Crippen LogP contribution in [0, 0.1) is 0 Å². The van der Waals surface area contributed by atoms with Gasteiger partial charge in [0.15, 0.2) is 0 Å². The first-order chi connectivity index (χ1) is 12.9. The number of benzene rings is 1. The van der Waals surface area contributed by atoms with Crippen molar-refractivity contribution < 1.29 is 19.1 Å². The van der Waals surface area contributed by atoms with Gasteiger partial charge in [0, 0.05) is 24.2 Å². The van der Waals surface area contributed by atoms with Crippen LogP contribution < -0.4 is 20.1 Å². The molecule has 7 nitrogen and oxygen atoms in total. The van der Waals surface area contributed by atoms with Gasteiger partial charge in [-0.1, -0.05) is 25.3 Å². The normalized spacial score (nSPS) is 15.9. The fourth-order valence-corrected chi connectivity index (χ4v) is 3.27. The summed E-state index contributed by atoms with van der Waals surface area (Å²) in [7, 11) is 5.04. The van der Waals surface area contributed by atoms with E-state index in [0.29, 0.717) is 18.0 Å². The van der Waals surface area contributed by atoms with Gasteiger partial charge in [0.05, 0.1) is 20.3 Å². The lowest BCUT2D eigenvalue weighted by molar-refractivity contribution is -0.124. The average Bonchev–Trinajstić information content (AvgIpc) is 2.68. The Hall–Kier alpha value is -2.28. The summed E-state index contributed by atoms with van der Waals surface area (Å²) in [6.07, 6.45) is 5.43. The molecule has 2 N–H and O–H groups in total. The Bertz CT molecular complexity index is 644. The molecule has 1 atom stereocenters. The lowest BCUT2D eigenvalue weighted by Crippen LogP contribution is -2.50. The maximum absolute atomic E-state index is 12.4. The van der Waals surface area contributed by atoms with Crippen LogP contribution in [0.5, 0.6) is 11.5 Å². The Labute approximate surface area is 161 Å². The van der Waals surface area contributed by atoms with Crippen LogP contribution >= 0.6 is 0 Å². The molecule has 1 aromatic carbocycles. The molecule has 3 amide bonds. The molecule has 150 valence electrons. The van der Waals surface area contributed by atoms with E-state index in [0.717, 1.165) is 31.2 Å². The number of nitrogens with zero attached hydrogens (tertiary/aromatic N) is 1. The summed E-state index contributed by atoms with van der Waals surface area (Å²) in [4.78, 5) is 26.4. The van der Waals surface area contributed by atoms with Gasteiger partial charge in [-0.3, -0.25) is 15.0 Å². The van der Waals surface area contributed by atoms with Crippen LogP contribution in [0.15, 0.2) is 18.2 Å². The number of urea groups is 1. The minimum atomic E-state index is -0.464. The quantitative estimate of drug-likeness (QED) is 0.764. The van der Waals surface area contributed by atoms with E-state index in [1.165, 1.54) is 6.42 Å². The highest BCUT2D eigenvalue weighted by Gasteiger charge is 2.23. The molecule has 27 heavy (non-hydrogen) atoms. The molecule has 0 aliphatic heterocycles. The van der Waals surface area contributed by atoms with Crippen molar-refractivity contribution in [3.05, 3.63) is 23.8 Å². The van der Waals surface area contributed by atoms with Gasteiger partial charge in [-0.05, 0) is 32.9 Å². The highest BCUT2D eigenvalue weighted by Crippen LogP contribution is 2.26. The molecule has 1 aliphatic rings. The van der Waals surface area contributed by atoms with E-state index in [1.54, 1.807) is 21.1 Å². The molecule has 1 aromatic rings.